The van der Waals surface area contributed by atoms with Gasteiger partial charge in [0.25, 0.3) is 0 Å². The van der Waals surface area contributed by atoms with Crippen LogP contribution in [0.1, 0.15) is 33.4 Å². The fraction of sp³-hybridized carbons (Fsp3) is 0.211. The summed E-state index contributed by atoms with van der Waals surface area (Å²) in [7, 11) is -0.0897. The molecule has 0 spiro atoms. The highest BCUT2D eigenvalue weighted by Crippen LogP contribution is 2.58. The van der Waals surface area contributed by atoms with Gasteiger partial charge in [-0.2, -0.15) is 17.2 Å². The first kappa shape index (κ1) is 38.3. The van der Waals surface area contributed by atoms with Crippen LogP contribution in [0.25, 0.3) is 0 Å². The van der Waals surface area contributed by atoms with Gasteiger partial charge in [0.1, 0.15) is 23.3 Å². The average molecular weight is 748 g/mol. The highest BCUT2D eigenvalue weighted by atomic mass is 31.4. The SMILES string of the molecule is Cc1cc(C)c([P+](CC[B-](c2c(F)c(F)c(F)c(F)c2F)c2c(F)c(F)c(F)c(F)c2F)([Si]c2ccccc2)c2c(C)cc(C)cc2C)c(C)c1. The molecule has 0 amide bonds. The lowest BCUT2D eigenvalue weighted by Crippen LogP contribution is -2.52. The minimum Gasteiger partial charge on any atom is -0.207 e. The van der Waals surface area contributed by atoms with Crippen molar-refractivity contribution >= 4 is 49.4 Å². The zero-order valence-electron chi connectivity index (χ0n) is 28.4. The maximum Gasteiger partial charge on any atom is 0.347 e. The van der Waals surface area contributed by atoms with Crippen LogP contribution in [0, 0.1) is 99.7 Å². The Hall–Kier alpha value is -3.89. The second-order valence-corrected chi connectivity index (χ2v) is 19.5. The molecule has 0 aliphatic carbocycles. The quantitative estimate of drug-likeness (QED) is 0.0470. The summed E-state index contributed by atoms with van der Waals surface area (Å²) >= 11 is 0. The zero-order chi connectivity index (χ0) is 37.7. The Morgan fingerprint density at radius 3 is 1.12 bits per heavy atom. The van der Waals surface area contributed by atoms with E-state index in [0.29, 0.717) is 0 Å². The molecule has 3 radical (unpaired) electrons. The highest BCUT2D eigenvalue weighted by Gasteiger charge is 2.48. The first-order valence-electron chi connectivity index (χ1n) is 15.8. The molecule has 0 fully saturated rings. The van der Waals surface area contributed by atoms with Crippen molar-refractivity contribution in [2.24, 2.45) is 0 Å². The van der Waals surface area contributed by atoms with Gasteiger partial charge in [0.05, 0.1) is 10.6 Å². The molecule has 0 unspecified atom stereocenters. The van der Waals surface area contributed by atoms with E-state index >= 15 is 17.6 Å². The van der Waals surface area contributed by atoms with Gasteiger partial charge >= 0.3 is 9.19 Å². The van der Waals surface area contributed by atoms with E-state index in [1.54, 1.807) is 6.07 Å². The Balaban J connectivity index is 1.91. The minimum atomic E-state index is -3.02. The van der Waals surface area contributed by atoms with Gasteiger partial charge in [0, 0.05) is 13.0 Å². The van der Waals surface area contributed by atoms with E-state index in [2.05, 4.69) is 0 Å². The van der Waals surface area contributed by atoms with E-state index in [9.17, 15) is 26.3 Å². The molecule has 0 aliphatic rings. The maximum absolute atomic E-state index is 15.6. The summed E-state index contributed by atoms with van der Waals surface area (Å²) in [6.45, 7) is 5.80. The van der Waals surface area contributed by atoms with Crippen LogP contribution in [0.15, 0.2) is 54.6 Å². The molecule has 51 heavy (non-hydrogen) atoms. The monoisotopic (exact) mass is 747 g/mol. The topological polar surface area (TPSA) is 0 Å². The first-order valence-corrected chi connectivity index (χ1v) is 19.6. The maximum atomic E-state index is 15.6. The standard InChI is InChI=1S/C38H31BF10PSi/c1-18-14-20(3)37(21(4)15-18)50(51-24-10-8-7-9-11-24,38-22(5)16-19(2)17-23(38)6)13-12-39(25-27(40)31(44)35(48)32(45)28(25)41)26-29(42)33(46)36(49)34(47)30(26)43/h7-11,14-17H,12-13H2,1-6H3. The third kappa shape index (κ3) is 6.77. The average Bonchev–Trinajstić information content (AvgIpc) is 3.06. The number of benzene rings is 5. The van der Waals surface area contributed by atoms with Crippen molar-refractivity contribution in [1.82, 2.24) is 0 Å². The van der Waals surface area contributed by atoms with Crippen LogP contribution in [0.2, 0.25) is 6.32 Å². The van der Waals surface area contributed by atoms with Crippen molar-refractivity contribution in [3.63, 3.8) is 0 Å². The van der Waals surface area contributed by atoms with Gasteiger partial charge in [-0.25, -0.2) is 43.9 Å². The fourth-order valence-corrected chi connectivity index (χ4v) is 17.8. The van der Waals surface area contributed by atoms with E-state index in [1.165, 1.54) is 0 Å². The smallest absolute Gasteiger partial charge is 0.207 e. The van der Waals surface area contributed by atoms with Gasteiger partial charge in [-0.1, -0.05) is 65.7 Å². The van der Waals surface area contributed by atoms with Gasteiger partial charge in [-0.3, -0.25) is 0 Å². The number of hydrogen-bond donors (Lipinski definition) is 0. The lowest BCUT2D eigenvalue weighted by atomic mass is 9.38. The summed E-state index contributed by atoms with van der Waals surface area (Å²) in [5.74, 6) is -24.5. The molecule has 265 valence electrons. The molecule has 0 nitrogen and oxygen atoms in total. The molecule has 0 heterocycles. The highest BCUT2D eigenvalue weighted by molar-refractivity contribution is 8.12. The van der Waals surface area contributed by atoms with Gasteiger partial charge in [0.15, 0.2) is 34.9 Å². The molecule has 0 atom stereocenters. The third-order valence-corrected chi connectivity index (χ3v) is 17.8. The van der Waals surface area contributed by atoms with E-state index in [-0.39, 0.29) is 15.3 Å². The zero-order valence-corrected chi connectivity index (χ0v) is 30.3. The Labute approximate surface area is 293 Å². The molecule has 5 aromatic rings. The summed E-state index contributed by atoms with van der Waals surface area (Å²) in [5.41, 5.74) is 1.78. The molecule has 0 saturated carbocycles. The van der Waals surface area contributed by atoms with Crippen LogP contribution in [-0.4, -0.2) is 22.1 Å². The number of halogens is 10. The van der Waals surface area contributed by atoms with Crippen molar-refractivity contribution in [2.45, 2.75) is 47.9 Å². The molecule has 0 aromatic heterocycles. The first-order chi connectivity index (χ1) is 23.9. The molecule has 0 N–H and O–H groups in total. The van der Waals surface area contributed by atoms with E-state index in [1.807, 2.05) is 90.1 Å². The fourth-order valence-electron chi connectivity index (χ4n) is 7.40. The molecule has 0 saturated heterocycles. The van der Waals surface area contributed by atoms with E-state index < -0.39 is 88.9 Å². The summed E-state index contributed by atoms with van der Waals surface area (Å²) in [6, 6.07) is 16.9. The van der Waals surface area contributed by atoms with Gasteiger partial charge in [-0.15, -0.1) is 0 Å². The third-order valence-electron chi connectivity index (χ3n) is 9.07. The van der Waals surface area contributed by atoms with Gasteiger partial charge in [0.2, 0.25) is 0 Å². The predicted molar refractivity (Wildman–Crippen MR) is 186 cm³/mol. The molecule has 5 aromatic carbocycles. The normalized spacial score (nSPS) is 11.9. The lowest BCUT2D eigenvalue weighted by Gasteiger charge is -2.37. The summed E-state index contributed by atoms with van der Waals surface area (Å²) < 4.78 is 150. The van der Waals surface area contributed by atoms with Crippen LogP contribution in [0.5, 0.6) is 0 Å². The summed E-state index contributed by atoms with van der Waals surface area (Å²) in [5, 5.41) is 2.53. The Morgan fingerprint density at radius 1 is 0.471 bits per heavy atom. The number of aryl methyl sites for hydroxylation is 6. The minimum absolute atomic E-state index is 0.0897. The van der Waals surface area contributed by atoms with Gasteiger partial charge < -0.3 is 0 Å². The van der Waals surface area contributed by atoms with Gasteiger partial charge in [-0.05, 0) is 75.7 Å². The molecule has 0 bridgehead atoms. The van der Waals surface area contributed by atoms with Crippen molar-refractivity contribution in [3.8, 4) is 0 Å². The molecule has 5 rings (SSSR count). The van der Waals surface area contributed by atoms with Crippen LogP contribution in [-0.2, 0) is 0 Å². The second kappa shape index (κ2) is 14.6. The van der Waals surface area contributed by atoms with Crippen LogP contribution in [0.3, 0.4) is 0 Å². The Kier molecular flexibility index (Phi) is 11.0. The van der Waals surface area contributed by atoms with Crippen molar-refractivity contribution in [2.75, 3.05) is 6.16 Å². The van der Waals surface area contributed by atoms with E-state index in [4.69, 9.17) is 0 Å². The Morgan fingerprint density at radius 2 is 0.784 bits per heavy atom. The van der Waals surface area contributed by atoms with Crippen molar-refractivity contribution in [3.05, 3.63) is 146 Å². The predicted octanol–water partition coefficient (Wildman–Crippen LogP) is 8.15. The lowest BCUT2D eigenvalue weighted by molar-refractivity contribution is 0.382. The van der Waals surface area contributed by atoms with Crippen LogP contribution >= 0.6 is 6.81 Å². The number of rotatable bonds is 9. The number of hydrogen-bond acceptors (Lipinski definition) is 0. The summed E-state index contributed by atoms with van der Waals surface area (Å²) in [6.07, 6.45) is -0.941. The molecular weight excluding hydrogens is 716 g/mol. The van der Waals surface area contributed by atoms with E-state index in [0.717, 1.165) is 49.2 Å². The molecule has 0 aliphatic heterocycles. The van der Waals surface area contributed by atoms with Crippen LogP contribution in [0.4, 0.5) is 43.9 Å². The van der Waals surface area contributed by atoms with Crippen molar-refractivity contribution in [1.29, 1.82) is 0 Å². The molecule has 13 heteroatoms. The largest absolute Gasteiger partial charge is 0.347 e. The second-order valence-electron chi connectivity index (χ2n) is 12.8. The Bertz CT molecular complexity index is 1940. The van der Waals surface area contributed by atoms with Crippen molar-refractivity contribution < 1.29 is 43.9 Å². The molecular formula is C38H31BF10PSi. The van der Waals surface area contributed by atoms with Crippen LogP contribution < -0.4 is 26.7 Å². The summed E-state index contributed by atoms with van der Waals surface area (Å²) in [4.78, 5) is 0.